The van der Waals surface area contributed by atoms with Crippen molar-refractivity contribution < 1.29 is 23.1 Å². The normalized spacial score (nSPS) is 19.2. The number of carbonyl (C=O) groups excluding carboxylic acids is 2. The lowest BCUT2D eigenvalue weighted by atomic mass is 9.90. The molecule has 2 aliphatic carbocycles. The SMILES string of the molecule is CN(C(=O)c1c(NC(=O)C2COC2)sc2c1C[C@@H](n1cnnc1Nc1cc(C(F)F)nn1C)CC2)C1CC1. The van der Waals surface area contributed by atoms with Crippen molar-refractivity contribution >= 4 is 39.9 Å². The third-order valence-electron chi connectivity index (χ3n) is 7.44. The molecule has 38 heavy (non-hydrogen) atoms. The number of carbonyl (C=O) groups is 2. The Kier molecular flexibility index (Phi) is 6.38. The molecule has 14 heteroatoms. The molecule has 3 aromatic rings. The zero-order valence-corrected chi connectivity index (χ0v) is 21.8. The summed E-state index contributed by atoms with van der Waals surface area (Å²) in [6.45, 7) is 0.784. The van der Waals surface area contributed by atoms with Crippen molar-refractivity contribution in [2.45, 2.75) is 50.6 Å². The van der Waals surface area contributed by atoms with Crippen LogP contribution in [0.25, 0.3) is 0 Å². The summed E-state index contributed by atoms with van der Waals surface area (Å²) in [5.41, 5.74) is 1.17. The number of amides is 2. The Hall–Kier alpha value is -3.39. The van der Waals surface area contributed by atoms with E-state index in [0.717, 1.165) is 36.1 Å². The van der Waals surface area contributed by atoms with Crippen molar-refractivity contribution in [3.63, 3.8) is 0 Å². The predicted octanol–water partition coefficient (Wildman–Crippen LogP) is 3.30. The van der Waals surface area contributed by atoms with Gasteiger partial charge < -0.3 is 20.3 Å². The van der Waals surface area contributed by atoms with Gasteiger partial charge in [0.25, 0.3) is 12.3 Å². The summed E-state index contributed by atoms with van der Waals surface area (Å²) in [6.07, 6.45) is 2.93. The van der Waals surface area contributed by atoms with Crippen LogP contribution in [-0.2, 0) is 29.4 Å². The number of thiophene rings is 1. The van der Waals surface area contributed by atoms with E-state index in [4.69, 9.17) is 4.74 Å². The first-order valence-electron chi connectivity index (χ1n) is 12.6. The minimum absolute atomic E-state index is 0.0706. The average molecular weight is 547 g/mol. The van der Waals surface area contributed by atoms with Crippen molar-refractivity contribution in [3.8, 4) is 0 Å². The summed E-state index contributed by atoms with van der Waals surface area (Å²) >= 11 is 1.47. The van der Waals surface area contributed by atoms with Crippen LogP contribution < -0.4 is 10.6 Å². The molecule has 0 bridgehead atoms. The van der Waals surface area contributed by atoms with Crippen LogP contribution >= 0.6 is 11.3 Å². The molecule has 2 fully saturated rings. The lowest BCUT2D eigenvalue weighted by Gasteiger charge is -2.26. The zero-order chi connectivity index (χ0) is 26.6. The van der Waals surface area contributed by atoms with E-state index in [1.165, 1.54) is 22.1 Å². The minimum atomic E-state index is -2.68. The molecule has 4 heterocycles. The van der Waals surface area contributed by atoms with Crippen molar-refractivity contribution in [2.24, 2.45) is 13.0 Å². The molecule has 3 aromatic heterocycles. The molecule has 202 valence electrons. The van der Waals surface area contributed by atoms with Gasteiger partial charge in [-0.1, -0.05) is 0 Å². The maximum absolute atomic E-state index is 13.7. The summed E-state index contributed by atoms with van der Waals surface area (Å²) in [5.74, 6) is 0.364. The molecule has 0 unspecified atom stereocenters. The van der Waals surface area contributed by atoms with Gasteiger partial charge in [0.1, 0.15) is 22.8 Å². The molecule has 0 spiro atoms. The Morgan fingerprint density at radius 3 is 2.71 bits per heavy atom. The molecule has 1 atom stereocenters. The number of ether oxygens (including phenoxy) is 1. The second-order valence-corrected chi connectivity index (χ2v) is 11.1. The van der Waals surface area contributed by atoms with E-state index >= 15 is 0 Å². The van der Waals surface area contributed by atoms with Crippen LogP contribution in [0.4, 0.5) is 25.5 Å². The highest BCUT2D eigenvalue weighted by Gasteiger charge is 2.37. The molecule has 1 aliphatic heterocycles. The van der Waals surface area contributed by atoms with Gasteiger partial charge in [0.15, 0.2) is 0 Å². The number of nitrogens with one attached hydrogen (secondary N) is 2. The van der Waals surface area contributed by atoms with Crippen LogP contribution in [0.5, 0.6) is 0 Å². The highest BCUT2D eigenvalue weighted by Crippen LogP contribution is 2.43. The maximum atomic E-state index is 13.7. The van der Waals surface area contributed by atoms with Crippen LogP contribution in [0.15, 0.2) is 12.4 Å². The van der Waals surface area contributed by atoms with Gasteiger partial charge in [-0.05, 0) is 37.7 Å². The number of hydrogen-bond donors (Lipinski definition) is 2. The number of aryl methyl sites for hydroxylation is 2. The van der Waals surface area contributed by atoms with Gasteiger partial charge in [-0.3, -0.25) is 18.8 Å². The fraction of sp³-hybridized carbons (Fsp3) is 0.542. The minimum Gasteiger partial charge on any atom is -0.380 e. The number of alkyl halides is 2. The molecule has 11 nitrogen and oxygen atoms in total. The molecule has 0 radical (unpaired) electrons. The van der Waals surface area contributed by atoms with E-state index in [2.05, 4.69) is 25.9 Å². The Labute approximate surface area is 221 Å². The van der Waals surface area contributed by atoms with Crippen LogP contribution in [0.1, 0.15) is 58.2 Å². The second kappa shape index (κ2) is 9.73. The zero-order valence-electron chi connectivity index (χ0n) is 21.0. The predicted molar refractivity (Wildman–Crippen MR) is 135 cm³/mol. The van der Waals surface area contributed by atoms with E-state index in [-0.39, 0.29) is 35.5 Å². The summed E-state index contributed by atoms with van der Waals surface area (Å²) in [7, 11) is 3.39. The Morgan fingerprint density at radius 2 is 2.05 bits per heavy atom. The van der Waals surface area contributed by atoms with Gasteiger partial charge >= 0.3 is 0 Å². The number of fused-ring (bicyclic) bond motifs is 1. The van der Waals surface area contributed by atoms with Crippen LogP contribution in [0.3, 0.4) is 0 Å². The monoisotopic (exact) mass is 546 g/mol. The number of halogens is 2. The molecular formula is C24H28F2N8O3S. The average Bonchev–Trinajstić information content (AvgIpc) is 3.33. The van der Waals surface area contributed by atoms with Gasteiger partial charge in [0, 0.05) is 37.1 Å². The van der Waals surface area contributed by atoms with Crippen LogP contribution in [0.2, 0.25) is 0 Å². The number of anilines is 3. The smallest absolute Gasteiger partial charge is 0.282 e. The third kappa shape index (κ3) is 4.55. The molecule has 6 rings (SSSR count). The lowest BCUT2D eigenvalue weighted by molar-refractivity contribution is -0.133. The molecule has 2 N–H and O–H groups in total. The largest absolute Gasteiger partial charge is 0.380 e. The fourth-order valence-corrected chi connectivity index (χ4v) is 6.19. The van der Waals surface area contributed by atoms with E-state index < -0.39 is 6.43 Å². The first-order chi connectivity index (χ1) is 18.3. The molecule has 1 saturated carbocycles. The highest BCUT2D eigenvalue weighted by molar-refractivity contribution is 7.17. The molecule has 3 aliphatic rings. The van der Waals surface area contributed by atoms with E-state index in [0.29, 0.717) is 42.0 Å². The van der Waals surface area contributed by atoms with Gasteiger partial charge in [0.2, 0.25) is 11.9 Å². The summed E-state index contributed by atoms with van der Waals surface area (Å²) in [4.78, 5) is 29.3. The van der Waals surface area contributed by atoms with E-state index in [1.807, 2.05) is 11.6 Å². The fourth-order valence-electron chi connectivity index (χ4n) is 4.95. The molecule has 1 saturated heterocycles. The van der Waals surface area contributed by atoms with Crippen molar-refractivity contribution in [3.05, 3.63) is 34.1 Å². The summed E-state index contributed by atoms with van der Waals surface area (Å²) in [6, 6.07) is 1.44. The van der Waals surface area contributed by atoms with Gasteiger partial charge in [-0.25, -0.2) is 8.78 Å². The molecule has 0 aromatic carbocycles. The quantitative estimate of drug-likeness (QED) is 0.445. The Balaban J connectivity index is 1.28. The van der Waals surface area contributed by atoms with Gasteiger partial charge in [-0.2, -0.15) is 5.10 Å². The number of aromatic nitrogens is 5. The maximum Gasteiger partial charge on any atom is 0.282 e. The molecule has 2 amide bonds. The van der Waals surface area contributed by atoms with E-state index in [1.54, 1.807) is 18.3 Å². The first kappa shape index (κ1) is 24.9. The Bertz CT molecular complexity index is 1380. The topological polar surface area (TPSA) is 119 Å². The van der Waals surface area contributed by atoms with Crippen molar-refractivity contribution in [2.75, 3.05) is 30.9 Å². The summed E-state index contributed by atoms with van der Waals surface area (Å²) < 4.78 is 34.6. The van der Waals surface area contributed by atoms with Gasteiger partial charge in [-0.15, -0.1) is 21.5 Å². The van der Waals surface area contributed by atoms with Crippen molar-refractivity contribution in [1.82, 2.24) is 29.4 Å². The number of hydrogen-bond acceptors (Lipinski definition) is 8. The Morgan fingerprint density at radius 1 is 1.26 bits per heavy atom. The lowest BCUT2D eigenvalue weighted by Crippen LogP contribution is -2.38. The first-order valence-corrected chi connectivity index (χ1v) is 13.4. The van der Waals surface area contributed by atoms with Crippen LogP contribution in [0, 0.1) is 5.92 Å². The highest BCUT2D eigenvalue weighted by atomic mass is 32.1. The number of rotatable bonds is 8. The molecular weight excluding hydrogens is 518 g/mol. The van der Waals surface area contributed by atoms with Crippen LogP contribution in [-0.4, -0.2) is 67.6 Å². The number of nitrogens with zero attached hydrogens (tertiary/aromatic N) is 6. The van der Waals surface area contributed by atoms with Gasteiger partial charge in [0.05, 0.1) is 24.7 Å². The standard InChI is InChI=1S/C24H28F2N8O3S/c1-32(13-3-4-13)23(36)19-15-7-14(5-6-17(15)38-22(19)29-21(35)12-9-37-10-12)34-11-27-30-24(34)28-18-8-16(20(25)26)31-33(18)2/h8,11-14,20H,3-7,9-10H2,1-2H3,(H,28,30)(H,29,35)/t14-/m0/s1. The van der Waals surface area contributed by atoms with Crippen molar-refractivity contribution in [1.29, 1.82) is 0 Å². The third-order valence-corrected chi connectivity index (χ3v) is 8.65. The second-order valence-electron chi connectivity index (χ2n) is 10.0. The summed E-state index contributed by atoms with van der Waals surface area (Å²) in [5, 5.41) is 18.7. The van der Waals surface area contributed by atoms with E-state index in [9.17, 15) is 18.4 Å².